The van der Waals surface area contributed by atoms with E-state index >= 15 is 0 Å². The van der Waals surface area contributed by atoms with Crippen LogP contribution in [0.5, 0.6) is 0 Å². The van der Waals surface area contributed by atoms with Crippen molar-refractivity contribution < 1.29 is 4.74 Å². The van der Waals surface area contributed by atoms with Crippen molar-refractivity contribution in [1.29, 1.82) is 0 Å². The van der Waals surface area contributed by atoms with Crippen molar-refractivity contribution >= 4 is 23.1 Å². The first kappa shape index (κ1) is 15.1. The second-order valence-corrected chi connectivity index (χ2v) is 7.33. The molecule has 6 heteroatoms. The van der Waals surface area contributed by atoms with E-state index in [1.807, 2.05) is 18.3 Å². The van der Waals surface area contributed by atoms with Crippen LogP contribution in [-0.4, -0.2) is 33.2 Å². The van der Waals surface area contributed by atoms with Gasteiger partial charge in [-0.15, -0.1) is 21.5 Å². The van der Waals surface area contributed by atoms with Crippen molar-refractivity contribution in [1.82, 2.24) is 14.8 Å². The highest BCUT2D eigenvalue weighted by molar-refractivity contribution is 7.99. The fraction of sp³-hybridized carbons (Fsp3) is 0.600. The van der Waals surface area contributed by atoms with Crippen molar-refractivity contribution in [3.8, 4) is 0 Å². The zero-order valence-corrected chi connectivity index (χ0v) is 14.0. The van der Waals surface area contributed by atoms with E-state index in [4.69, 9.17) is 4.74 Å². The van der Waals surface area contributed by atoms with Crippen molar-refractivity contribution in [3.05, 3.63) is 28.2 Å². The number of ether oxygens (including phenoxy) is 1. The van der Waals surface area contributed by atoms with Crippen molar-refractivity contribution in [3.63, 3.8) is 0 Å². The van der Waals surface area contributed by atoms with Gasteiger partial charge in [0.25, 0.3) is 0 Å². The van der Waals surface area contributed by atoms with Gasteiger partial charge < -0.3 is 9.30 Å². The van der Waals surface area contributed by atoms with Gasteiger partial charge in [0.1, 0.15) is 5.82 Å². The first-order valence-electron chi connectivity index (χ1n) is 7.49. The molecule has 21 heavy (non-hydrogen) atoms. The number of aryl methyl sites for hydroxylation is 2. The lowest BCUT2D eigenvalue weighted by atomic mass is 10.1. The molecule has 1 fully saturated rings. The lowest BCUT2D eigenvalue weighted by Gasteiger charge is -2.21. The number of aromatic nitrogens is 3. The molecule has 0 saturated carbocycles. The fourth-order valence-electron chi connectivity index (χ4n) is 2.51. The highest BCUT2D eigenvalue weighted by Crippen LogP contribution is 2.23. The Bertz CT molecular complexity index is 547. The Kier molecular flexibility index (Phi) is 5.32. The van der Waals surface area contributed by atoms with Crippen LogP contribution in [0, 0.1) is 6.92 Å². The Morgan fingerprint density at radius 3 is 3.14 bits per heavy atom. The van der Waals surface area contributed by atoms with Gasteiger partial charge in [0.2, 0.25) is 0 Å². The fourth-order valence-corrected chi connectivity index (χ4v) is 4.28. The van der Waals surface area contributed by atoms with Crippen LogP contribution in [0.3, 0.4) is 0 Å². The van der Waals surface area contributed by atoms with E-state index in [1.54, 1.807) is 11.8 Å². The van der Waals surface area contributed by atoms with Crippen molar-refractivity contribution in [2.75, 3.05) is 12.4 Å². The number of hydrogen-bond acceptors (Lipinski definition) is 5. The van der Waals surface area contributed by atoms with Crippen LogP contribution in [-0.2, 0) is 17.7 Å². The minimum absolute atomic E-state index is 0.381. The molecule has 0 amide bonds. The summed E-state index contributed by atoms with van der Waals surface area (Å²) in [6.07, 6.45) is 5.10. The predicted octanol–water partition coefficient (Wildman–Crippen LogP) is 3.55. The summed E-state index contributed by atoms with van der Waals surface area (Å²) in [5.41, 5.74) is 0. The van der Waals surface area contributed by atoms with E-state index in [0.29, 0.717) is 6.10 Å². The molecule has 0 aliphatic carbocycles. The maximum absolute atomic E-state index is 5.79. The zero-order chi connectivity index (χ0) is 14.5. The number of nitrogens with zero attached hydrogens (tertiary/aromatic N) is 3. The highest BCUT2D eigenvalue weighted by atomic mass is 32.2. The van der Waals surface area contributed by atoms with E-state index in [-0.39, 0.29) is 0 Å². The molecule has 3 rings (SSSR count). The quantitative estimate of drug-likeness (QED) is 0.762. The Morgan fingerprint density at radius 2 is 2.38 bits per heavy atom. The van der Waals surface area contributed by atoms with Gasteiger partial charge >= 0.3 is 0 Å². The summed E-state index contributed by atoms with van der Waals surface area (Å²) >= 11 is 3.59. The molecule has 114 valence electrons. The molecule has 3 heterocycles. The monoisotopic (exact) mass is 323 g/mol. The van der Waals surface area contributed by atoms with Gasteiger partial charge in [-0.3, -0.25) is 0 Å². The third kappa shape index (κ3) is 4.08. The predicted molar refractivity (Wildman–Crippen MR) is 87.1 cm³/mol. The largest absolute Gasteiger partial charge is 0.377 e. The topological polar surface area (TPSA) is 39.9 Å². The minimum Gasteiger partial charge on any atom is -0.377 e. The number of rotatable bonds is 6. The van der Waals surface area contributed by atoms with Gasteiger partial charge in [0, 0.05) is 23.8 Å². The molecule has 4 nitrogen and oxygen atoms in total. The summed E-state index contributed by atoms with van der Waals surface area (Å²) < 4.78 is 8.02. The SMILES string of the molecule is Cc1nnc(SC[C@H]2CCCCO2)n1CCc1cccs1. The molecule has 1 saturated heterocycles. The van der Waals surface area contributed by atoms with Gasteiger partial charge in [-0.1, -0.05) is 17.8 Å². The normalized spacial score (nSPS) is 19.0. The molecule has 1 atom stereocenters. The average molecular weight is 323 g/mol. The van der Waals surface area contributed by atoms with E-state index in [0.717, 1.165) is 36.3 Å². The summed E-state index contributed by atoms with van der Waals surface area (Å²) in [5.74, 6) is 1.98. The molecule has 1 aliphatic rings. The summed E-state index contributed by atoms with van der Waals surface area (Å²) in [4.78, 5) is 1.41. The Morgan fingerprint density at radius 1 is 1.43 bits per heavy atom. The molecule has 0 N–H and O–H groups in total. The third-order valence-electron chi connectivity index (χ3n) is 3.74. The molecular formula is C15H21N3OS2. The Hall–Kier alpha value is -0.850. The molecule has 1 aliphatic heterocycles. The lowest BCUT2D eigenvalue weighted by Crippen LogP contribution is -2.21. The molecule has 0 spiro atoms. The van der Waals surface area contributed by atoms with Gasteiger partial charge in [-0.05, 0) is 44.1 Å². The van der Waals surface area contributed by atoms with Crippen LogP contribution >= 0.6 is 23.1 Å². The van der Waals surface area contributed by atoms with Crippen molar-refractivity contribution in [2.45, 2.75) is 50.4 Å². The maximum Gasteiger partial charge on any atom is 0.191 e. The second-order valence-electron chi connectivity index (χ2n) is 5.31. The van der Waals surface area contributed by atoms with Gasteiger partial charge in [0.15, 0.2) is 5.16 Å². The van der Waals surface area contributed by atoms with Crippen LogP contribution < -0.4 is 0 Å². The number of hydrogen-bond donors (Lipinski definition) is 0. The first-order valence-corrected chi connectivity index (χ1v) is 9.36. The number of thioether (sulfide) groups is 1. The summed E-state index contributed by atoms with van der Waals surface area (Å²) in [6, 6.07) is 4.29. The highest BCUT2D eigenvalue weighted by Gasteiger charge is 2.16. The van der Waals surface area contributed by atoms with Crippen LogP contribution in [0.1, 0.15) is 30.0 Å². The number of thiophene rings is 1. The average Bonchev–Trinajstić information content (AvgIpc) is 3.14. The molecule has 0 unspecified atom stereocenters. The molecule has 0 aromatic carbocycles. The molecule has 0 radical (unpaired) electrons. The third-order valence-corrected chi connectivity index (χ3v) is 5.77. The van der Waals surface area contributed by atoms with Crippen LogP contribution in [0.15, 0.2) is 22.7 Å². The van der Waals surface area contributed by atoms with Gasteiger partial charge in [-0.25, -0.2) is 0 Å². The van der Waals surface area contributed by atoms with Crippen molar-refractivity contribution in [2.24, 2.45) is 0 Å². The molecular weight excluding hydrogens is 302 g/mol. The zero-order valence-electron chi connectivity index (χ0n) is 12.3. The van der Waals surface area contributed by atoms with Crippen LogP contribution in [0.4, 0.5) is 0 Å². The van der Waals surface area contributed by atoms with E-state index in [1.165, 1.54) is 24.1 Å². The Labute approximate surface area is 133 Å². The van der Waals surface area contributed by atoms with E-state index < -0.39 is 0 Å². The standard InChI is InChI=1S/C15H21N3OS2/c1-12-16-17-15(21-11-13-5-2-3-9-19-13)18(12)8-7-14-6-4-10-20-14/h4,6,10,13H,2-3,5,7-9,11H2,1H3/t13-/m1/s1. The van der Waals surface area contributed by atoms with Crippen LogP contribution in [0.25, 0.3) is 0 Å². The Balaban J connectivity index is 1.57. The summed E-state index contributed by atoms with van der Waals surface area (Å²) in [7, 11) is 0. The lowest BCUT2D eigenvalue weighted by molar-refractivity contribution is 0.0315. The van der Waals surface area contributed by atoms with Crippen LogP contribution in [0.2, 0.25) is 0 Å². The van der Waals surface area contributed by atoms with E-state index in [2.05, 4.69) is 32.3 Å². The molecule has 2 aromatic heterocycles. The summed E-state index contributed by atoms with van der Waals surface area (Å²) in [6.45, 7) is 3.89. The molecule has 0 bridgehead atoms. The smallest absolute Gasteiger partial charge is 0.191 e. The van der Waals surface area contributed by atoms with E-state index in [9.17, 15) is 0 Å². The molecule has 2 aromatic rings. The van der Waals surface area contributed by atoms with Gasteiger partial charge in [0.05, 0.1) is 6.10 Å². The maximum atomic E-state index is 5.79. The van der Waals surface area contributed by atoms with Gasteiger partial charge in [-0.2, -0.15) is 0 Å². The minimum atomic E-state index is 0.381. The first-order chi connectivity index (χ1) is 10.3. The second kappa shape index (κ2) is 7.42. The summed E-state index contributed by atoms with van der Waals surface area (Å²) in [5, 5.41) is 11.7.